The predicted molar refractivity (Wildman–Crippen MR) is 52.6 cm³/mol. The van der Waals surface area contributed by atoms with Crippen LogP contribution in [0.1, 0.15) is 32.1 Å². The van der Waals surface area contributed by atoms with Crippen LogP contribution < -0.4 is 34.7 Å². The van der Waals surface area contributed by atoms with E-state index in [1.54, 1.807) is 0 Å². The topological polar surface area (TPSA) is 49.4 Å². The van der Waals surface area contributed by atoms with Gasteiger partial charge in [0.05, 0.1) is 5.60 Å². The molecule has 0 saturated heterocycles. The minimum absolute atomic E-state index is 0. The largest absolute Gasteiger partial charge is 1.00 e. The molecular weight excluding hydrogens is 273 g/mol. The van der Waals surface area contributed by atoms with Crippen molar-refractivity contribution in [3.8, 4) is 0 Å². The van der Waals surface area contributed by atoms with E-state index >= 15 is 0 Å². The van der Waals surface area contributed by atoms with Gasteiger partial charge >= 0.3 is 29.6 Å². The molecule has 82 valence electrons. The zero-order valence-corrected chi connectivity index (χ0v) is 12.7. The molecule has 1 aliphatic carbocycles. The van der Waals surface area contributed by atoms with E-state index in [1.165, 1.54) is 0 Å². The Morgan fingerprint density at radius 2 is 1.67 bits per heavy atom. The fraction of sp³-hybridized carbons (Fsp3) is 0.875. The Morgan fingerprint density at radius 1 is 1.20 bits per heavy atom. The monoisotopic (exact) mass is 282 g/mol. The molecule has 0 aliphatic heterocycles. The second-order valence-corrected chi connectivity index (χ2v) is 5.69. The molecule has 0 unspecified atom stereocenters. The summed E-state index contributed by atoms with van der Waals surface area (Å²) < 4.78 is 2.92. The van der Waals surface area contributed by atoms with Crippen LogP contribution in [0.5, 0.6) is 0 Å². The van der Waals surface area contributed by atoms with Crippen molar-refractivity contribution >= 4 is 41.0 Å². The molecule has 0 aromatic heterocycles. The van der Waals surface area contributed by atoms with Crippen molar-refractivity contribution in [2.24, 2.45) is 0 Å². The van der Waals surface area contributed by atoms with Crippen LogP contribution in [-0.4, -0.2) is 15.5 Å². The molecule has 0 amide bonds. The van der Waals surface area contributed by atoms with Crippen molar-refractivity contribution in [2.75, 3.05) is 0 Å². The van der Waals surface area contributed by atoms with E-state index in [0.717, 1.165) is 19.3 Å². The van der Waals surface area contributed by atoms with E-state index in [0.29, 0.717) is 12.8 Å². The van der Waals surface area contributed by atoms with E-state index in [-0.39, 0.29) is 29.6 Å². The second kappa shape index (κ2) is 6.18. The smallest absolute Gasteiger partial charge is 0.539 e. The van der Waals surface area contributed by atoms with Crippen molar-refractivity contribution in [1.29, 1.82) is 0 Å². The van der Waals surface area contributed by atoms with Crippen molar-refractivity contribution in [3.63, 3.8) is 0 Å². The number of ether oxygens (including phenoxy) is 1. The van der Waals surface area contributed by atoms with Crippen LogP contribution in [0.3, 0.4) is 0 Å². The number of hydrogen-bond donors (Lipinski definition) is 0. The summed E-state index contributed by atoms with van der Waals surface area (Å²) in [6.45, 7) is 0. The molecule has 0 aromatic rings. The van der Waals surface area contributed by atoms with Crippen molar-refractivity contribution in [1.82, 2.24) is 0 Å². The van der Waals surface area contributed by atoms with Crippen LogP contribution in [0.15, 0.2) is 0 Å². The number of carbonyl (C=O) groups excluding carboxylic acids is 1. The summed E-state index contributed by atoms with van der Waals surface area (Å²) in [5.41, 5.74) is -1.23. The van der Waals surface area contributed by atoms with Gasteiger partial charge in [0.25, 0.3) is 6.16 Å². The number of halogens is 3. The van der Waals surface area contributed by atoms with Gasteiger partial charge in [-0.25, -0.2) is 0 Å². The molecule has 15 heavy (non-hydrogen) atoms. The van der Waals surface area contributed by atoms with Crippen molar-refractivity contribution in [3.05, 3.63) is 0 Å². The Bertz CT molecular complexity index is 224. The van der Waals surface area contributed by atoms with Gasteiger partial charge in [0.15, 0.2) is 0 Å². The van der Waals surface area contributed by atoms with Crippen molar-refractivity contribution < 1.29 is 44.2 Å². The average molecular weight is 284 g/mol. The standard InChI is InChI=1S/C8H11Cl3O3.Na/c9-8(10,11)7(14-6(12)13)4-2-1-3-5-7;/h1-5H2,(H,12,13);/q;+1/p-1. The molecule has 0 atom stereocenters. The van der Waals surface area contributed by atoms with Gasteiger partial charge in [-0.3, -0.25) is 0 Å². The molecule has 1 rings (SSSR count). The molecule has 1 saturated carbocycles. The molecule has 7 heteroatoms. The third-order valence-electron chi connectivity index (χ3n) is 2.46. The zero-order valence-electron chi connectivity index (χ0n) is 8.39. The third-order valence-corrected chi connectivity index (χ3v) is 3.49. The molecule has 1 fully saturated rings. The van der Waals surface area contributed by atoms with E-state index in [1.807, 2.05) is 0 Å². The normalized spacial score (nSPS) is 20.2. The predicted octanol–water partition coefficient (Wildman–Crippen LogP) is -0.577. The van der Waals surface area contributed by atoms with Gasteiger partial charge in [-0.1, -0.05) is 54.1 Å². The molecule has 0 bridgehead atoms. The fourth-order valence-corrected chi connectivity index (χ4v) is 2.41. The average Bonchev–Trinajstić information content (AvgIpc) is 2.02. The molecule has 0 spiro atoms. The van der Waals surface area contributed by atoms with Crippen LogP contribution in [-0.2, 0) is 4.74 Å². The van der Waals surface area contributed by atoms with E-state index < -0.39 is 15.5 Å². The Labute approximate surface area is 126 Å². The molecule has 0 heterocycles. The van der Waals surface area contributed by atoms with Crippen molar-refractivity contribution in [2.45, 2.75) is 41.5 Å². The van der Waals surface area contributed by atoms with Crippen LogP contribution in [0.25, 0.3) is 0 Å². The minimum Gasteiger partial charge on any atom is -0.539 e. The van der Waals surface area contributed by atoms with Gasteiger partial charge < -0.3 is 14.6 Å². The fourth-order valence-electron chi connectivity index (χ4n) is 1.73. The summed E-state index contributed by atoms with van der Waals surface area (Å²) in [5, 5.41) is 10.4. The number of alkyl halides is 3. The molecule has 1 aliphatic rings. The molecule has 0 aromatic carbocycles. The number of carboxylic acid groups (broad SMARTS) is 1. The minimum atomic E-state index is -1.73. The Kier molecular flexibility index (Phi) is 6.64. The second-order valence-electron chi connectivity index (χ2n) is 3.40. The van der Waals surface area contributed by atoms with Gasteiger partial charge in [0, 0.05) is 0 Å². The molecular formula is C8H10Cl3NaO3. The SMILES string of the molecule is O=C([O-])OC1(C(Cl)(Cl)Cl)CCCCC1.[Na+]. The number of rotatable bonds is 1. The Balaban J connectivity index is 0.00000196. The van der Waals surface area contributed by atoms with Gasteiger partial charge in [0.1, 0.15) is 0 Å². The number of hydrogen-bond acceptors (Lipinski definition) is 3. The molecule has 0 N–H and O–H groups in total. The number of carbonyl (C=O) groups is 1. The van der Waals surface area contributed by atoms with E-state index in [4.69, 9.17) is 34.8 Å². The van der Waals surface area contributed by atoms with E-state index in [2.05, 4.69) is 4.74 Å². The first-order valence-corrected chi connectivity index (χ1v) is 5.47. The van der Waals surface area contributed by atoms with Crippen LogP contribution in [0.2, 0.25) is 0 Å². The Morgan fingerprint density at radius 3 is 2.00 bits per heavy atom. The molecule has 0 radical (unpaired) electrons. The summed E-state index contributed by atoms with van der Waals surface area (Å²) in [6.07, 6.45) is 1.80. The molecule has 3 nitrogen and oxygen atoms in total. The maximum absolute atomic E-state index is 10.4. The maximum atomic E-state index is 10.4. The zero-order chi connectivity index (χ0) is 10.8. The van der Waals surface area contributed by atoms with Gasteiger partial charge in [-0.15, -0.1) is 0 Å². The summed E-state index contributed by atoms with van der Waals surface area (Å²) in [4.78, 5) is 10.4. The summed E-state index contributed by atoms with van der Waals surface area (Å²) >= 11 is 17.2. The van der Waals surface area contributed by atoms with Gasteiger partial charge in [0.2, 0.25) is 3.79 Å². The maximum Gasteiger partial charge on any atom is 1.00 e. The Hall–Kier alpha value is 1.14. The van der Waals surface area contributed by atoms with Crippen LogP contribution >= 0.6 is 34.8 Å². The third kappa shape index (κ3) is 4.14. The van der Waals surface area contributed by atoms with Crippen LogP contribution in [0.4, 0.5) is 4.79 Å². The summed E-state index contributed by atoms with van der Waals surface area (Å²) in [5.74, 6) is 0. The first-order valence-electron chi connectivity index (χ1n) is 4.34. The summed E-state index contributed by atoms with van der Waals surface area (Å²) in [7, 11) is 0. The summed E-state index contributed by atoms with van der Waals surface area (Å²) in [6, 6.07) is 0. The first-order chi connectivity index (χ1) is 6.37. The van der Waals surface area contributed by atoms with Gasteiger partial charge in [-0.05, 0) is 12.8 Å². The van der Waals surface area contributed by atoms with Gasteiger partial charge in [-0.2, -0.15) is 0 Å². The van der Waals surface area contributed by atoms with E-state index in [9.17, 15) is 9.90 Å². The quantitative estimate of drug-likeness (QED) is 0.368. The first kappa shape index (κ1) is 16.1. The van der Waals surface area contributed by atoms with Crippen LogP contribution in [0, 0.1) is 0 Å².